The number of hydrogen-bond donors (Lipinski definition) is 2. The van der Waals surface area contributed by atoms with E-state index < -0.39 is 5.91 Å². The van der Waals surface area contributed by atoms with Gasteiger partial charge < -0.3 is 9.52 Å². The van der Waals surface area contributed by atoms with Crippen molar-refractivity contribution in [2.75, 3.05) is 0 Å². The van der Waals surface area contributed by atoms with Gasteiger partial charge in [0.2, 0.25) is 0 Å². The summed E-state index contributed by atoms with van der Waals surface area (Å²) < 4.78 is 5.10. The molecule has 2 N–H and O–H groups in total. The van der Waals surface area contributed by atoms with E-state index in [0.717, 1.165) is 0 Å². The van der Waals surface area contributed by atoms with Gasteiger partial charge >= 0.3 is 0 Å². The Kier molecular flexibility index (Phi) is 3.25. The molecular weight excluding hydrogens is 234 g/mol. The number of carbonyl (C=O) groups excluding carboxylic acids is 1. The third-order valence-electron chi connectivity index (χ3n) is 2.24. The van der Waals surface area contributed by atoms with E-state index >= 15 is 0 Å². The van der Waals surface area contributed by atoms with Crippen molar-refractivity contribution in [2.24, 2.45) is 5.10 Å². The molecule has 18 heavy (non-hydrogen) atoms. The van der Waals surface area contributed by atoms with Gasteiger partial charge in [-0.1, -0.05) is 18.2 Å². The zero-order valence-corrected chi connectivity index (χ0v) is 9.25. The molecular formula is C12H9N3O3. The van der Waals surface area contributed by atoms with Crippen LogP contribution < -0.4 is 5.43 Å². The number of furan rings is 1. The number of nitrogens with one attached hydrogen (secondary N) is 1. The zero-order chi connectivity index (χ0) is 13.0. The van der Waals surface area contributed by atoms with Crippen molar-refractivity contribution in [3.05, 3.63) is 30.0 Å². The van der Waals surface area contributed by atoms with E-state index in [4.69, 9.17) is 9.68 Å². The Hall–Kier alpha value is -2.81. The van der Waals surface area contributed by atoms with Gasteiger partial charge in [-0.05, 0) is 6.07 Å². The van der Waals surface area contributed by atoms with E-state index in [1.165, 1.54) is 6.21 Å². The van der Waals surface area contributed by atoms with Crippen LogP contribution >= 0.6 is 0 Å². The van der Waals surface area contributed by atoms with Crippen LogP contribution in [-0.2, 0) is 4.79 Å². The monoisotopic (exact) mass is 243 g/mol. The Morgan fingerprint density at radius 1 is 1.50 bits per heavy atom. The van der Waals surface area contributed by atoms with Crippen LogP contribution in [0.1, 0.15) is 12.2 Å². The smallest absolute Gasteiger partial charge is 0.290 e. The summed E-state index contributed by atoms with van der Waals surface area (Å²) in [6, 6.07) is 8.74. The van der Waals surface area contributed by atoms with E-state index in [0.29, 0.717) is 16.5 Å². The third-order valence-corrected chi connectivity index (χ3v) is 2.24. The average molecular weight is 243 g/mol. The topological polar surface area (TPSA) is 98.6 Å². The van der Waals surface area contributed by atoms with Crippen LogP contribution in [0.4, 0.5) is 0 Å². The quantitative estimate of drug-likeness (QED) is 0.630. The molecule has 90 valence electrons. The molecule has 0 bridgehead atoms. The number of benzene rings is 1. The first-order chi connectivity index (χ1) is 8.72. The van der Waals surface area contributed by atoms with Crippen LogP contribution in [-0.4, -0.2) is 17.2 Å². The molecule has 0 radical (unpaired) electrons. The Balaban J connectivity index is 2.20. The maximum atomic E-state index is 11.0. The Bertz CT molecular complexity index is 652. The van der Waals surface area contributed by atoms with Gasteiger partial charge in [-0.2, -0.15) is 10.4 Å². The number of hydrogen-bond acceptors (Lipinski definition) is 5. The van der Waals surface area contributed by atoms with Crippen molar-refractivity contribution in [1.82, 2.24) is 5.43 Å². The summed E-state index contributed by atoms with van der Waals surface area (Å²) in [5.41, 5.74) is 2.17. The van der Waals surface area contributed by atoms with Gasteiger partial charge in [-0.25, -0.2) is 5.43 Å². The van der Waals surface area contributed by atoms with Crippen molar-refractivity contribution in [3.8, 4) is 12.0 Å². The van der Waals surface area contributed by atoms with Gasteiger partial charge in [0.05, 0.1) is 17.7 Å². The maximum absolute atomic E-state index is 11.0. The standard InChI is InChI=1S/C12H9N3O3/c13-6-5-11(16)15-14-7-10-8-3-1-2-4-9(8)12(17)18-10/h1-4,7,17H,5H2,(H,15,16). The van der Waals surface area contributed by atoms with Crippen molar-refractivity contribution in [2.45, 2.75) is 6.42 Å². The number of carbonyl (C=O) groups is 1. The van der Waals surface area contributed by atoms with Crippen LogP contribution in [0.5, 0.6) is 5.95 Å². The second-order valence-electron chi connectivity index (χ2n) is 3.45. The number of amides is 1. The predicted octanol–water partition coefficient (Wildman–Crippen LogP) is 1.50. The van der Waals surface area contributed by atoms with Crippen LogP contribution in [0.3, 0.4) is 0 Å². The highest BCUT2D eigenvalue weighted by atomic mass is 16.5. The first-order valence-corrected chi connectivity index (χ1v) is 5.11. The van der Waals surface area contributed by atoms with E-state index in [9.17, 15) is 9.90 Å². The summed E-state index contributed by atoms with van der Waals surface area (Å²) in [5, 5.41) is 22.7. The van der Waals surface area contributed by atoms with Gasteiger partial charge in [0.1, 0.15) is 6.42 Å². The van der Waals surface area contributed by atoms with E-state index in [1.807, 2.05) is 0 Å². The molecule has 1 aromatic carbocycles. The molecule has 0 aliphatic carbocycles. The molecule has 2 rings (SSSR count). The largest absolute Gasteiger partial charge is 0.480 e. The molecule has 0 saturated carbocycles. The number of fused-ring (bicyclic) bond motifs is 1. The minimum absolute atomic E-state index is 0.199. The van der Waals surface area contributed by atoms with Gasteiger partial charge in [0, 0.05) is 5.39 Å². The van der Waals surface area contributed by atoms with Gasteiger partial charge in [0.25, 0.3) is 11.9 Å². The summed E-state index contributed by atoms with van der Waals surface area (Å²) >= 11 is 0. The normalized spacial score (nSPS) is 10.6. The summed E-state index contributed by atoms with van der Waals surface area (Å²) in [6.45, 7) is 0. The van der Waals surface area contributed by atoms with Gasteiger partial charge in [-0.3, -0.25) is 4.79 Å². The fraction of sp³-hybridized carbons (Fsp3) is 0.0833. The summed E-state index contributed by atoms with van der Waals surface area (Å²) in [5.74, 6) is -0.371. The second kappa shape index (κ2) is 5.01. The number of rotatable bonds is 3. The van der Waals surface area contributed by atoms with Crippen LogP contribution in [0.2, 0.25) is 0 Å². The van der Waals surface area contributed by atoms with E-state index in [1.54, 1.807) is 30.3 Å². The Labute approximate surface area is 102 Å². The summed E-state index contributed by atoms with van der Waals surface area (Å²) in [6.07, 6.45) is 1.01. The highest BCUT2D eigenvalue weighted by Crippen LogP contribution is 2.29. The molecule has 0 fully saturated rings. The number of hydrazone groups is 1. The number of nitriles is 1. The molecule has 0 aliphatic rings. The third kappa shape index (κ3) is 2.30. The van der Waals surface area contributed by atoms with Crippen molar-refractivity contribution in [1.29, 1.82) is 5.26 Å². The molecule has 0 atom stereocenters. The molecule has 6 nitrogen and oxygen atoms in total. The molecule has 1 aromatic heterocycles. The first kappa shape index (κ1) is 11.7. The lowest BCUT2D eigenvalue weighted by molar-refractivity contribution is -0.120. The Morgan fingerprint density at radius 3 is 2.94 bits per heavy atom. The van der Waals surface area contributed by atoms with Crippen molar-refractivity contribution < 1.29 is 14.3 Å². The number of aromatic hydroxyl groups is 1. The van der Waals surface area contributed by atoms with Crippen LogP contribution in [0.25, 0.3) is 10.8 Å². The van der Waals surface area contributed by atoms with Crippen molar-refractivity contribution >= 4 is 22.9 Å². The molecule has 0 aliphatic heterocycles. The van der Waals surface area contributed by atoms with Crippen molar-refractivity contribution in [3.63, 3.8) is 0 Å². The number of nitrogens with zero attached hydrogens (tertiary/aromatic N) is 2. The van der Waals surface area contributed by atoms with E-state index in [2.05, 4.69) is 10.5 Å². The SMILES string of the molecule is N#CCC(=O)NN=Cc1oc(O)c2ccccc12. The van der Waals surface area contributed by atoms with Gasteiger partial charge in [-0.15, -0.1) is 0 Å². The first-order valence-electron chi connectivity index (χ1n) is 5.11. The highest BCUT2D eigenvalue weighted by molar-refractivity contribution is 6.00. The minimum Gasteiger partial charge on any atom is -0.480 e. The molecule has 1 heterocycles. The molecule has 0 unspecified atom stereocenters. The summed E-state index contributed by atoms with van der Waals surface area (Å²) in [7, 11) is 0. The lowest BCUT2D eigenvalue weighted by Crippen LogP contribution is -2.16. The lowest BCUT2D eigenvalue weighted by atomic mass is 10.2. The van der Waals surface area contributed by atoms with E-state index in [-0.39, 0.29) is 12.4 Å². The molecule has 0 spiro atoms. The fourth-order valence-electron chi connectivity index (χ4n) is 1.47. The highest BCUT2D eigenvalue weighted by Gasteiger charge is 2.09. The predicted molar refractivity (Wildman–Crippen MR) is 63.8 cm³/mol. The Morgan fingerprint density at radius 2 is 2.22 bits per heavy atom. The molecule has 0 saturated heterocycles. The molecule has 2 aromatic rings. The fourth-order valence-corrected chi connectivity index (χ4v) is 1.47. The zero-order valence-electron chi connectivity index (χ0n) is 9.25. The second-order valence-corrected chi connectivity index (χ2v) is 3.45. The maximum Gasteiger partial charge on any atom is 0.290 e. The average Bonchev–Trinajstić information content (AvgIpc) is 2.68. The van der Waals surface area contributed by atoms with Crippen LogP contribution in [0, 0.1) is 11.3 Å². The van der Waals surface area contributed by atoms with Gasteiger partial charge in [0.15, 0.2) is 5.76 Å². The summed E-state index contributed by atoms with van der Waals surface area (Å²) in [4.78, 5) is 11.0. The minimum atomic E-state index is -0.506. The van der Waals surface area contributed by atoms with Crippen LogP contribution in [0.15, 0.2) is 33.8 Å². The molecule has 6 heteroatoms. The molecule has 1 amide bonds. The lowest BCUT2D eigenvalue weighted by Gasteiger charge is -1.92.